The average Bonchev–Trinajstić information content (AvgIpc) is 2.85. The molecule has 5 nitrogen and oxygen atoms in total. The lowest BCUT2D eigenvalue weighted by atomic mass is 10.2. The highest BCUT2D eigenvalue weighted by Crippen LogP contribution is 2.06. The van der Waals surface area contributed by atoms with E-state index in [1.165, 1.54) is 0 Å². The van der Waals surface area contributed by atoms with Gasteiger partial charge in [0.25, 0.3) is 0 Å². The highest BCUT2D eigenvalue weighted by Gasteiger charge is 2.06. The monoisotopic (exact) mass is 294 g/mol. The van der Waals surface area contributed by atoms with Crippen LogP contribution in [-0.2, 0) is 11.3 Å². The maximum atomic E-state index is 11.5. The van der Waals surface area contributed by atoms with Gasteiger partial charge in [-0.2, -0.15) is 5.10 Å². The summed E-state index contributed by atoms with van der Waals surface area (Å²) in [4.78, 5) is 11.5. The fourth-order valence-electron chi connectivity index (χ4n) is 1.73. The molecule has 20 heavy (non-hydrogen) atoms. The number of nitrogens with one attached hydrogen (secondary N) is 1. The summed E-state index contributed by atoms with van der Waals surface area (Å²) < 4.78 is 1.78. The Morgan fingerprint density at radius 1 is 1.35 bits per heavy atom. The number of benzene rings is 1. The van der Waals surface area contributed by atoms with Gasteiger partial charge in [0.05, 0.1) is 17.9 Å². The van der Waals surface area contributed by atoms with Gasteiger partial charge < -0.3 is 11.1 Å². The molecule has 1 unspecified atom stereocenters. The first-order valence-electron chi connectivity index (χ1n) is 6.27. The van der Waals surface area contributed by atoms with E-state index in [0.717, 1.165) is 11.4 Å². The number of aromatic nitrogens is 2. The molecule has 0 aliphatic carbocycles. The third-order valence-corrected chi connectivity index (χ3v) is 2.64. The fourth-order valence-corrected chi connectivity index (χ4v) is 1.73. The van der Waals surface area contributed by atoms with E-state index in [1.54, 1.807) is 4.68 Å². The van der Waals surface area contributed by atoms with Crippen LogP contribution in [0.4, 0.5) is 0 Å². The number of halogens is 1. The summed E-state index contributed by atoms with van der Waals surface area (Å²) in [5.74, 6) is -0.0516. The van der Waals surface area contributed by atoms with Gasteiger partial charge in [0.15, 0.2) is 0 Å². The highest BCUT2D eigenvalue weighted by molar-refractivity contribution is 5.85. The van der Waals surface area contributed by atoms with Gasteiger partial charge in [-0.15, -0.1) is 12.4 Å². The van der Waals surface area contributed by atoms with Gasteiger partial charge >= 0.3 is 0 Å². The van der Waals surface area contributed by atoms with Gasteiger partial charge in [0.1, 0.15) is 0 Å². The summed E-state index contributed by atoms with van der Waals surface area (Å²) in [6, 6.07) is 11.6. The summed E-state index contributed by atoms with van der Waals surface area (Å²) in [6.07, 6.45) is 2.21. The number of para-hydroxylation sites is 1. The molecule has 0 fully saturated rings. The first kappa shape index (κ1) is 16.2. The highest BCUT2D eigenvalue weighted by atomic mass is 35.5. The van der Waals surface area contributed by atoms with Crippen molar-refractivity contribution in [3.05, 3.63) is 48.3 Å². The smallest absolute Gasteiger partial charge is 0.221 e. The molecule has 1 aromatic heterocycles. The van der Waals surface area contributed by atoms with Crippen molar-refractivity contribution in [2.45, 2.75) is 25.9 Å². The van der Waals surface area contributed by atoms with E-state index in [4.69, 9.17) is 5.73 Å². The quantitative estimate of drug-likeness (QED) is 0.880. The lowest BCUT2D eigenvalue weighted by molar-refractivity contribution is -0.121. The zero-order chi connectivity index (χ0) is 13.7. The van der Waals surface area contributed by atoms with E-state index < -0.39 is 0 Å². The molecule has 0 bridgehead atoms. The van der Waals surface area contributed by atoms with Gasteiger partial charge in [0, 0.05) is 18.7 Å². The standard InChI is InChI=1S/C14H18N4O.ClH/c1-11(15)9-14(19)16-10-12-7-8-18(17-12)13-5-3-2-4-6-13;/h2-8,11H,9-10,15H2,1H3,(H,16,19);1H. The van der Waals surface area contributed by atoms with Gasteiger partial charge in [0.2, 0.25) is 5.91 Å². The number of hydrogen-bond donors (Lipinski definition) is 2. The van der Waals surface area contributed by atoms with Crippen molar-refractivity contribution < 1.29 is 4.79 Å². The van der Waals surface area contributed by atoms with Crippen LogP contribution in [0.2, 0.25) is 0 Å². The van der Waals surface area contributed by atoms with Crippen LogP contribution < -0.4 is 11.1 Å². The van der Waals surface area contributed by atoms with Crippen LogP contribution >= 0.6 is 12.4 Å². The number of nitrogens with two attached hydrogens (primary N) is 1. The Labute approximate surface area is 124 Å². The van der Waals surface area contributed by atoms with Crippen LogP contribution in [0.5, 0.6) is 0 Å². The SMILES string of the molecule is CC(N)CC(=O)NCc1ccn(-c2ccccc2)n1.Cl. The molecule has 0 saturated carbocycles. The van der Waals surface area contributed by atoms with Crippen molar-refractivity contribution in [2.75, 3.05) is 0 Å². The number of nitrogens with zero attached hydrogens (tertiary/aromatic N) is 2. The molecular weight excluding hydrogens is 276 g/mol. The topological polar surface area (TPSA) is 72.9 Å². The zero-order valence-electron chi connectivity index (χ0n) is 11.3. The molecule has 108 valence electrons. The number of hydrogen-bond acceptors (Lipinski definition) is 3. The van der Waals surface area contributed by atoms with Crippen LogP contribution in [0.15, 0.2) is 42.6 Å². The Hall–Kier alpha value is -1.85. The van der Waals surface area contributed by atoms with E-state index in [0.29, 0.717) is 13.0 Å². The van der Waals surface area contributed by atoms with Gasteiger partial charge in [-0.05, 0) is 25.1 Å². The third kappa shape index (κ3) is 4.68. The van der Waals surface area contributed by atoms with Crippen LogP contribution in [0.1, 0.15) is 19.0 Å². The maximum absolute atomic E-state index is 11.5. The predicted molar refractivity (Wildman–Crippen MR) is 80.9 cm³/mol. The van der Waals surface area contributed by atoms with Crippen molar-refractivity contribution in [3.8, 4) is 5.69 Å². The lowest BCUT2D eigenvalue weighted by Crippen LogP contribution is -2.29. The molecule has 0 aliphatic heterocycles. The zero-order valence-corrected chi connectivity index (χ0v) is 12.1. The molecule has 0 saturated heterocycles. The molecule has 2 aromatic rings. The molecule has 1 atom stereocenters. The Morgan fingerprint density at radius 2 is 2.05 bits per heavy atom. The van der Waals surface area contributed by atoms with Gasteiger partial charge in [-0.3, -0.25) is 4.79 Å². The van der Waals surface area contributed by atoms with Crippen molar-refractivity contribution >= 4 is 18.3 Å². The molecule has 2 rings (SSSR count). The molecule has 3 N–H and O–H groups in total. The number of carbonyl (C=O) groups excluding carboxylic acids is 1. The Morgan fingerprint density at radius 3 is 2.70 bits per heavy atom. The Kier molecular flexibility index (Phi) is 6.21. The summed E-state index contributed by atoms with van der Waals surface area (Å²) in [6.45, 7) is 2.23. The molecule has 1 heterocycles. The minimum atomic E-state index is -0.123. The molecule has 6 heteroatoms. The van der Waals surface area contributed by atoms with Crippen molar-refractivity contribution in [3.63, 3.8) is 0 Å². The minimum absolute atomic E-state index is 0. The van der Waals surface area contributed by atoms with Crippen LogP contribution in [0, 0.1) is 0 Å². The van der Waals surface area contributed by atoms with E-state index >= 15 is 0 Å². The van der Waals surface area contributed by atoms with E-state index in [-0.39, 0.29) is 24.4 Å². The number of rotatable bonds is 5. The molecule has 0 spiro atoms. The number of carbonyl (C=O) groups is 1. The van der Waals surface area contributed by atoms with Crippen molar-refractivity contribution in [2.24, 2.45) is 5.73 Å². The Bertz CT molecular complexity index is 539. The first-order valence-corrected chi connectivity index (χ1v) is 6.27. The van der Waals surface area contributed by atoms with Crippen molar-refractivity contribution in [1.82, 2.24) is 15.1 Å². The predicted octanol–water partition coefficient (Wildman–Crippen LogP) is 1.65. The van der Waals surface area contributed by atoms with Gasteiger partial charge in [-0.1, -0.05) is 18.2 Å². The minimum Gasteiger partial charge on any atom is -0.350 e. The summed E-state index contributed by atoms with van der Waals surface area (Å²) in [7, 11) is 0. The molecular formula is C14H19ClN4O. The Balaban J connectivity index is 0.00000200. The summed E-state index contributed by atoms with van der Waals surface area (Å²) in [5, 5.41) is 7.20. The average molecular weight is 295 g/mol. The van der Waals surface area contributed by atoms with Crippen molar-refractivity contribution in [1.29, 1.82) is 0 Å². The van der Waals surface area contributed by atoms with Crippen LogP contribution in [0.3, 0.4) is 0 Å². The van der Waals surface area contributed by atoms with Gasteiger partial charge in [-0.25, -0.2) is 4.68 Å². The second-order valence-electron chi connectivity index (χ2n) is 4.55. The largest absolute Gasteiger partial charge is 0.350 e. The van der Waals surface area contributed by atoms with Crippen LogP contribution in [-0.4, -0.2) is 21.7 Å². The summed E-state index contributed by atoms with van der Waals surface area (Å²) >= 11 is 0. The second kappa shape index (κ2) is 7.67. The normalized spacial score (nSPS) is 11.5. The molecule has 1 amide bonds. The van der Waals surface area contributed by atoms with E-state index in [9.17, 15) is 4.79 Å². The lowest BCUT2D eigenvalue weighted by Gasteiger charge is -2.05. The van der Waals surface area contributed by atoms with E-state index in [1.807, 2.05) is 49.5 Å². The molecule has 0 aliphatic rings. The number of amides is 1. The summed E-state index contributed by atoms with van der Waals surface area (Å²) in [5.41, 5.74) is 7.38. The second-order valence-corrected chi connectivity index (χ2v) is 4.55. The molecule has 0 radical (unpaired) electrons. The maximum Gasteiger partial charge on any atom is 0.221 e. The van der Waals surface area contributed by atoms with Crippen LogP contribution in [0.25, 0.3) is 5.69 Å². The third-order valence-electron chi connectivity index (χ3n) is 2.64. The molecule has 1 aromatic carbocycles. The first-order chi connectivity index (χ1) is 9.15. The van der Waals surface area contributed by atoms with E-state index in [2.05, 4.69) is 10.4 Å². The fraction of sp³-hybridized carbons (Fsp3) is 0.286.